The van der Waals surface area contributed by atoms with Crippen molar-refractivity contribution in [3.63, 3.8) is 0 Å². The maximum absolute atomic E-state index is 13.6. The van der Waals surface area contributed by atoms with Crippen LogP contribution in [0.3, 0.4) is 0 Å². The number of hydrogen-bond acceptors (Lipinski definition) is 6. The topological polar surface area (TPSA) is 86.1 Å². The Labute approximate surface area is 240 Å². The number of nitrogens with zero attached hydrogens (tertiary/aromatic N) is 3. The normalized spacial score (nSPS) is 16.2. The van der Waals surface area contributed by atoms with Crippen LogP contribution in [0, 0.1) is 5.92 Å². The highest BCUT2D eigenvalue weighted by Crippen LogP contribution is 2.39. The van der Waals surface area contributed by atoms with Crippen LogP contribution in [0.25, 0.3) is 22.5 Å². The molecule has 210 valence electrons. The zero-order chi connectivity index (χ0) is 28.5. The largest absolute Gasteiger partial charge is 0.490 e. The molecule has 2 atom stereocenters. The van der Waals surface area contributed by atoms with E-state index in [-0.39, 0.29) is 17.4 Å². The number of carbonyl (C=O) groups is 1. The number of hydrogen-bond donors (Lipinski definition) is 1. The van der Waals surface area contributed by atoms with Gasteiger partial charge >= 0.3 is 0 Å². The van der Waals surface area contributed by atoms with Gasteiger partial charge in [-0.05, 0) is 79.9 Å². The average Bonchev–Trinajstić information content (AvgIpc) is 3.30. The van der Waals surface area contributed by atoms with Crippen LogP contribution >= 0.6 is 0 Å². The van der Waals surface area contributed by atoms with Crippen LogP contribution in [-0.4, -0.2) is 40.0 Å². The molecule has 0 saturated carbocycles. The van der Waals surface area contributed by atoms with Crippen LogP contribution in [0.5, 0.6) is 5.75 Å². The minimum absolute atomic E-state index is 0.102. The third-order valence-corrected chi connectivity index (χ3v) is 8.69. The number of rotatable bonds is 8. The van der Waals surface area contributed by atoms with Crippen LogP contribution < -0.4 is 15.6 Å². The SMILES string of the molecule is CCC(C)c1ccc2c(c1)-c1ccc(=O)n(C(C)c3cccc(-c4ncc(OCC5CCNCC5)cn4)c3)c1C2=O. The lowest BCUT2D eigenvalue weighted by atomic mass is 9.94. The molecular weight excluding hydrogens is 512 g/mol. The van der Waals surface area contributed by atoms with E-state index >= 15 is 0 Å². The van der Waals surface area contributed by atoms with E-state index in [1.165, 1.54) is 5.56 Å². The second-order valence-corrected chi connectivity index (χ2v) is 11.3. The highest BCUT2D eigenvalue weighted by molar-refractivity contribution is 6.20. The molecule has 7 nitrogen and oxygen atoms in total. The standard InChI is InChI=1S/C34H36N4O3/c1-4-21(2)24-8-9-29-30(17-24)28-10-11-31(39)38(32(28)33(29)40)22(3)25-6-5-7-26(16-25)34-36-18-27(19-37-34)41-20-23-12-14-35-15-13-23/h5-11,16-19,21-23,35H,4,12-15,20H2,1-3H3. The summed E-state index contributed by atoms with van der Waals surface area (Å²) in [6, 6.07) is 16.9. The van der Waals surface area contributed by atoms with Crippen molar-refractivity contribution >= 4 is 5.78 Å². The van der Waals surface area contributed by atoms with Crippen molar-refractivity contribution in [1.29, 1.82) is 0 Å². The summed E-state index contributed by atoms with van der Waals surface area (Å²) in [7, 11) is 0. The first-order valence-corrected chi connectivity index (χ1v) is 14.6. The van der Waals surface area contributed by atoms with E-state index in [1.54, 1.807) is 29.1 Å². The predicted octanol–water partition coefficient (Wildman–Crippen LogP) is 6.02. The summed E-state index contributed by atoms with van der Waals surface area (Å²) >= 11 is 0. The van der Waals surface area contributed by atoms with Gasteiger partial charge in [-0.3, -0.25) is 14.2 Å². The van der Waals surface area contributed by atoms with Crippen LogP contribution in [0.1, 0.15) is 79.2 Å². The molecule has 1 N–H and O–H groups in total. The zero-order valence-corrected chi connectivity index (χ0v) is 23.9. The first kappa shape index (κ1) is 27.1. The molecule has 1 aliphatic heterocycles. The fourth-order valence-corrected chi connectivity index (χ4v) is 5.93. The van der Waals surface area contributed by atoms with E-state index in [0.29, 0.717) is 41.3 Å². The van der Waals surface area contributed by atoms with Crippen molar-refractivity contribution in [3.8, 4) is 28.3 Å². The molecule has 6 rings (SSSR count). The molecule has 3 heterocycles. The maximum Gasteiger partial charge on any atom is 0.251 e. The van der Waals surface area contributed by atoms with Crippen LogP contribution in [-0.2, 0) is 0 Å². The second kappa shape index (κ2) is 11.4. The monoisotopic (exact) mass is 548 g/mol. The highest BCUT2D eigenvalue weighted by Gasteiger charge is 2.32. The summed E-state index contributed by atoms with van der Waals surface area (Å²) in [6.45, 7) is 9.06. The van der Waals surface area contributed by atoms with Crippen LogP contribution in [0.15, 0.2) is 71.8 Å². The summed E-state index contributed by atoms with van der Waals surface area (Å²) in [5, 5.41) is 3.37. The van der Waals surface area contributed by atoms with Crippen molar-refractivity contribution in [3.05, 3.63) is 99.7 Å². The Kier molecular flexibility index (Phi) is 7.54. The highest BCUT2D eigenvalue weighted by atomic mass is 16.5. The molecule has 0 amide bonds. The van der Waals surface area contributed by atoms with Crippen LogP contribution in [0.2, 0.25) is 0 Å². The summed E-state index contributed by atoms with van der Waals surface area (Å²) < 4.78 is 7.59. The van der Waals surface area contributed by atoms with Crippen molar-refractivity contribution in [1.82, 2.24) is 19.9 Å². The predicted molar refractivity (Wildman–Crippen MR) is 161 cm³/mol. The molecule has 2 aromatic heterocycles. The van der Waals surface area contributed by atoms with Gasteiger partial charge in [-0.15, -0.1) is 0 Å². The number of carbonyl (C=O) groups excluding carboxylic acids is 1. The van der Waals surface area contributed by atoms with E-state index < -0.39 is 0 Å². The molecule has 2 unspecified atom stereocenters. The number of piperidine rings is 1. The zero-order valence-electron chi connectivity index (χ0n) is 23.9. The quantitative estimate of drug-likeness (QED) is 0.255. The molecule has 4 aromatic rings. The Balaban J connectivity index is 1.27. The fourth-order valence-electron chi connectivity index (χ4n) is 5.93. The molecule has 0 spiro atoms. The van der Waals surface area contributed by atoms with Gasteiger partial charge in [-0.2, -0.15) is 0 Å². The van der Waals surface area contributed by atoms with Gasteiger partial charge in [0, 0.05) is 22.8 Å². The summed E-state index contributed by atoms with van der Waals surface area (Å²) in [5.41, 5.74) is 5.59. The second-order valence-electron chi connectivity index (χ2n) is 11.3. The third-order valence-electron chi connectivity index (χ3n) is 8.69. The number of nitrogens with one attached hydrogen (secondary N) is 1. The Morgan fingerprint density at radius 2 is 1.68 bits per heavy atom. The maximum atomic E-state index is 13.6. The van der Waals surface area contributed by atoms with E-state index in [2.05, 4.69) is 35.2 Å². The van der Waals surface area contributed by atoms with E-state index in [1.807, 2.05) is 43.3 Å². The number of ketones is 1. The Hall–Kier alpha value is -4.10. The Morgan fingerprint density at radius 3 is 2.44 bits per heavy atom. The van der Waals surface area contributed by atoms with Crippen molar-refractivity contribution in [2.24, 2.45) is 5.92 Å². The number of pyridine rings is 1. The molecule has 2 aliphatic rings. The number of benzene rings is 2. The van der Waals surface area contributed by atoms with E-state index in [0.717, 1.165) is 54.6 Å². The minimum Gasteiger partial charge on any atom is -0.490 e. The molecule has 2 aromatic carbocycles. The van der Waals surface area contributed by atoms with Gasteiger partial charge in [-0.25, -0.2) is 9.97 Å². The number of aromatic nitrogens is 3. The molecular formula is C34H36N4O3. The first-order valence-electron chi connectivity index (χ1n) is 14.6. The molecule has 41 heavy (non-hydrogen) atoms. The Morgan fingerprint density at radius 1 is 0.927 bits per heavy atom. The molecule has 1 saturated heterocycles. The Bertz CT molecular complexity index is 1640. The molecule has 1 aliphatic carbocycles. The van der Waals surface area contributed by atoms with E-state index in [4.69, 9.17) is 4.74 Å². The smallest absolute Gasteiger partial charge is 0.251 e. The van der Waals surface area contributed by atoms with Crippen molar-refractivity contribution in [2.75, 3.05) is 19.7 Å². The molecule has 0 bridgehead atoms. The number of ether oxygens (including phenoxy) is 1. The van der Waals surface area contributed by atoms with Gasteiger partial charge < -0.3 is 10.1 Å². The first-order chi connectivity index (χ1) is 19.9. The summed E-state index contributed by atoms with van der Waals surface area (Å²) in [4.78, 5) is 36.0. The number of fused-ring (bicyclic) bond motifs is 3. The van der Waals surface area contributed by atoms with Gasteiger partial charge in [0.1, 0.15) is 5.69 Å². The van der Waals surface area contributed by atoms with Gasteiger partial charge in [0.15, 0.2) is 11.6 Å². The lowest BCUT2D eigenvalue weighted by Gasteiger charge is -2.22. The van der Waals surface area contributed by atoms with Crippen molar-refractivity contribution in [2.45, 2.75) is 52.0 Å². The van der Waals surface area contributed by atoms with Crippen LogP contribution in [0.4, 0.5) is 0 Å². The lowest BCUT2D eigenvalue weighted by Crippen LogP contribution is -2.30. The van der Waals surface area contributed by atoms with E-state index in [9.17, 15) is 9.59 Å². The van der Waals surface area contributed by atoms with Gasteiger partial charge in [0.2, 0.25) is 5.78 Å². The summed E-state index contributed by atoms with van der Waals surface area (Å²) in [5.74, 6) is 2.09. The summed E-state index contributed by atoms with van der Waals surface area (Å²) in [6.07, 6.45) is 6.70. The minimum atomic E-state index is -0.364. The lowest BCUT2D eigenvalue weighted by molar-refractivity contribution is 0.103. The molecule has 1 fully saturated rings. The average molecular weight is 549 g/mol. The van der Waals surface area contributed by atoms with Gasteiger partial charge in [0.05, 0.1) is 25.0 Å². The van der Waals surface area contributed by atoms with Gasteiger partial charge in [-0.1, -0.05) is 50.2 Å². The fraction of sp³-hybridized carbons (Fsp3) is 0.353. The van der Waals surface area contributed by atoms with Crippen molar-refractivity contribution < 1.29 is 9.53 Å². The molecule has 7 heteroatoms. The third kappa shape index (κ3) is 5.22. The molecule has 0 radical (unpaired) electrons. The van der Waals surface area contributed by atoms with Gasteiger partial charge in [0.25, 0.3) is 5.56 Å².